The van der Waals surface area contributed by atoms with Gasteiger partial charge in [-0.25, -0.2) is 0 Å². The second kappa shape index (κ2) is 8.64. The summed E-state index contributed by atoms with van der Waals surface area (Å²) in [6.45, 7) is 4.72. The van der Waals surface area contributed by atoms with Crippen molar-refractivity contribution in [3.05, 3.63) is 97.4 Å². The maximum Gasteiger partial charge on any atom is 0.269 e. The van der Waals surface area contributed by atoms with Crippen LogP contribution in [0.15, 0.2) is 59.4 Å². The Hall–Kier alpha value is -2.23. The highest BCUT2D eigenvalue weighted by Crippen LogP contribution is 2.21. The van der Waals surface area contributed by atoms with Gasteiger partial charge in [0.05, 0.1) is 10.7 Å². The Balaban J connectivity index is 1.85. The summed E-state index contributed by atoms with van der Waals surface area (Å²) in [7, 11) is 0. The number of aryl methyl sites for hydroxylation is 3. The summed E-state index contributed by atoms with van der Waals surface area (Å²) >= 11 is 12.5. The van der Waals surface area contributed by atoms with Crippen LogP contribution in [0.4, 0.5) is 0 Å². The van der Waals surface area contributed by atoms with Crippen molar-refractivity contribution in [2.45, 2.75) is 33.4 Å². The van der Waals surface area contributed by atoms with Crippen molar-refractivity contribution in [1.82, 2.24) is 4.57 Å². The van der Waals surface area contributed by atoms with E-state index in [9.17, 15) is 4.79 Å². The predicted octanol–water partition coefficient (Wildman–Crippen LogP) is 5.59. The first-order chi connectivity index (χ1) is 12.9. The first kappa shape index (κ1) is 19.5. The fraction of sp³-hybridized carbons (Fsp3) is 0.227. The minimum Gasteiger partial charge on any atom is -0.487 e. The summed E-state index contributed by atoms with van der Waals surface area (Å²) in [6.07, 6.45) is 0.703. The molecule has 0 atom stereocenters. The average Bonchev–Trinajstić information content (AvgIpc) is 2.64. The van der Waals surface area contributed by atoms with E-state index >= 15 is 0 Å². The molecule has 3 aromatic rings. The summed E-state index contributed by atoms with van der Waals surface area (Å²) in [4.78, 5) is 12.6. The molecule has 0 spiro atoms. The molecule has 0 saturated heterocycles. The van der Waals surface area contributed by atoms with Crippen LogP contribution in [-0.2, 0) is 19.6 Å². The molecule has 0 aliphatic carbocycles. The molecule has 3 rings (SSSR count). The number of benzene rings is 2. The quantitative estimate of drug-likeness (QED) is 0.538. The van der Waals surface area contributed by atoms with Gasteiger partial charge in [0, 0.05) is 6.54 Å². The van der Waals surface area contributed by atoms with Crippen LogP contribution >= 0.6 is 23.2 Å². The molecule has 0 bridgehead atoms. The second-order valence-electron chi connectivity index (χ2n) is 6.58. The van der Waals surface area contributed by atoms with Crippen molar-refractivity contribution >= 4 is 23.2 Å². The van der Waals surface area contributed by atoms with E-state index in [0.717, 1.165) is 16.9 Å². The summed E-state index contributed by atoms with van der Waals surface area (Å²) in [5, 5.41) is 0.541. The first-order valence-corrected chi connectivity index (χ1v) is 9.52. The van der Waals surface area contributed by atoms with E-state index < -0.39 is 0 Å². The van der Waals surface area contributed by atoms with Crippen LogP contribution in [-0.4, -0.2) is 4.57 Å². The minimum atomic E-state index is -0.254. The Labute approximate surface area is 169 Å². The molecule has 0 amide bonds. The molecule has 2 aromatic carbocycles. The molecule has 0 unspecified atom stereocenters. The number of hydrogen-bond acceptors (Lipinski definition) is 2. The van der Waals surface area contributed by atoms with Crippen molar-refractivity contribution < 1.29 is 4.74 Å². The van der Waals surface area contributed by atoms with Gasteiger partial charge in [-0.3, -0.25) is 4.79 Å². The highest BCUT2D eigenvalue weighted by molar-refractivity contribution is 6.34. The molecular weight excluding hydrogens is 381 g/mol. The van der Waals surface area contributed by atoms with E-state index in [-0.39, 0.29) is 17.2 Å². The van der Waals surface area contributed by atoms with Gasteiger partial charge in [0.15, 0.2) is 0 Å². The number of rotatable bonds is 6. The third-order valence-corrected chi connectivity index (χ3v) is 5.01. The molecule has 1 heterocycles. The van der Waals surface area contributed by atoms with Crippen LogP contribution in [0.5, 0.6) is 5.75 Å². The van der Waals surface area contributed by atoms with Gasteiger partial charge in [-0.2, -0.15) is 0 Å². The fourth-order valence-corrected chi connectivity index (χ4v) is 3.41. The Morgan fingerprint density at radius 3 is 2.37 bits per heavy atom. The summed E-state index contributed by atoms with van der Waals surface area (Å²) in [5.74, 6) is 0.735. The zero-order valence-corrected chi connectivity index (χ0v) is 16.8. The van der Waals surface area contributed by atoms with Crippen molar-refractivity contribution in [1.29, 1.82) is 0 Å². The van der Waals surface area contributed by atoms with E-state index in [1.54, 1.807) is 4.57 Å². The van der Waals surface area contributed by atoms with Gasteiger partial charge >= 0.3 is 0 Å². The lowest BCUT2D eigenvalue weighted by atomic mass is 10.1. The van der Waals surface area contributed by atoms with Gasteiger partial charge in [-0.15, -0.1) is 0 Å². The van der Waals surface area contributed by atoms with Gasteiger partial charge in [-0.05, 0) is 49.6 Å². The van der Waals surface area contributed by atoms with Crippen LogP contribution in [0.1, 0.15) is 22.4 Å². The van der Waals surface area contributed by atoms with Gasteiger partial charge in [0.1, 0.15) is 17.4 Å². The van der Waals surface area contributed by atoms with Crippen LogP contribution in [0.2, 0.25) is 10.0 Å². The third kappa shape index (κ3) is 4.94. The van der Waals surface area contributed by atoms with Gasteiger partial charge in [-0.1, -0.05) is 65.2 Å². The van der Waals surface area contributed by atoms with Crippen molar-refractivity contribution in [3.8, 4) is 5.75 Å². The highest BCUT2D eigenvalue weighted by Gasteiger charge is 2.14. The Morgan fingerprint density at radius 2 is 1.67 bits per heavy atom. The predicted molar refractivity (Wildman–Crippen MR) is 111 cm³/mol. The van der Waals surface area contributed by atoms with Gasteiger partial charge in [0.25, 0.3) is 5.56 Å². The molecule has 0 aliphatic heterocycles. The first-order valence-electron chi connectivity index (χ1n) is 8.77. The third-order valence-electron chi connectivity index (χ3n) is 4.41. The molecule has 0 N–H and O–H groups in total. The van der Waals surface area contributed by atoms with Crippen molar-refractivity contribution in [2.75, 3.05) is 0 Å². The van der Waals surface area contributed by atoms with Crippen LogP contribution < -0.4 is 10.3 Å². The number of nitrogens with zero attached hydrogens (tertiary/aromatic N) is 1. The van der Waals surface area contributed by atoms with Crippen molar-refractivity contribution in [2.24, 2.45) is 0 Å². The smallest absolute Gasteiger partial charge is 0.269 e. The molecule has 140 valence electrons. The lowest BCUT2D eigenvalue weighted by Crippen LogP contribution is -2.26. The van der Waals surface area contributed by atoms with Crippen LogP contribution in [0.25, 0.3) is 0 Å². The maximum atomic E-state index is 12.6. The molecule has 5 heteroatoms. The second-order valence-corrected chi connectivity index (χ2v) is 7.40. The van der Waals surface area contributed by atoms with Crippen molar-refractivity contribution in [3.63, 3.8) is 0 Å². The number of ether oxygens (including phenoxy) is 1. The lowest BCUT2D eigenvalue weighted by molar-refractivity contribution is 0.292. The lowest BCUT2D eigenvalue weighted by Gasteiger charge is -2.16. The van der Waals surface area contributed by atoms with Crippen LogP contribution in [0.3, 0.4) is 0 Å². The molecule has 1 aromatic heterocycles. The number of hydrogen-bond donors (Lipinski definition) is 0. The average molecular weight is 402 g/mol. The Morgan fingerprint density at radius 1 is 0.926 bits per heavy atom. The van der Waals surface area contributed by atoms with Crippen LogP contribution in [0, 0.1) is 13.8 Å². The molecular formula is C22H21Cl2NO2. The largest absolute Gasteiger partial charge is 0.487 e. The molecule has 3 nitrogen and oxygen atoms in total. The molecule has 0 radical (unpaired) electrons. The summed E-state index contributed by atoms with van der Waals surface area (Å²) in [5.41, 5.74) is 3.82. The normalized spacial score (nSPS) is 10.8. The van der Waals surface area contributed by atoms with Gasteiger partial charge in [0.2, 0.25) is 0 Å². The Kier molecular flexibility index (Phi) is 6.25. The minimum absolute atomic E-state index is 0.114. The molecule has 0 aliphatic rings. The van der Waals surface area contributed by atoms with E-state index in [1.165, 1.54) is 11.6 Å². The van der Waals surface area contributed by atoms with E-state index in [0.29, 0.717) is 23.7 Å². The van der Waals surface area contributed by atoms with E-state index in [1.807, 2.05) is 38.1 Å². The standard InChI is InChI=1S/C22H21Cl2NO2/c1-15-6-8-17(9-7-15)10-11-25-21(19(23)13-20(24)22(25)26)14-27-18-5-3-4-16(2)12-18/h3-9,12-13H,10-11,14H2,1-2H3. The topological polar surface area (TPSA) is 31.2 Å². The number of aromatic nitrogens is 1. The zero-order valence-electron chi connectivity index (χ0n) is 15.3. The van der Waals surface area contributed by atoms with E-state index in [4.69, 9.17) is 27.9 Å². The number of halogens is 2. The molecule has 0 fully saturated rings. The maximum absolute atomic E-state index is 12.6. The monoisotopic (exact) mass is 401 g/mol. The summed E-state index contributed by atoms with van der Waals surface area (Å²) < 4.78 is 7.48. The molecule has 0 saturated carbocycles. The SMILES string of the molecule is Cc1ccc(CCn2c(COc3cccc(C)c3)c(Cl)cc(Cl)c2=O)cc1. The summed E-state index contributed by atoms with van der Waals surface area (Å²) in [6, 6.07) is 17.5. The Bertz CT molecular complexity index is 994. The molecule has 27 heavy (non-hydrogen) atoms. The highest BCUT2D eigenvalue weighted by atomic mass is 35.5. The van der Waals surface area contributed by atoms with E-state index in [2.05, 4.69) is 24.3 Å². The number of pyridine rings is 1. The van der Waals surface area contributed by atoms with Gasteiger partial charge < -0.3 is 9.30 Å². The zero-order chi connectivity index (χ0) is 19.4. The fourth-order valence-electron chi connectivity index (χ4n) is 2.87.